The van der Waals surface area contributed by atoms with Gasteiger partial charge in [-0.3, -0.25) is 9.89 Å². The van der Waals surface area contributed by atoms with Crippen molar-refractivity contribution in [2.75, 3.05) is 19.8 Å². The number of nitrogens with one attached hydrogen (secondary N) is 2. The molecule has 0 aliphatic carbocycles. The molecular weight excluding hydrogens is 218 g/mol. The Morgan fingerprint density at radius 1 is 1.59 bits per heavy atom. The number of amides is 1. The predicted octanol–water partition coefficient (Wildman–Crippen LogP) is 0.722. The molecule has 1 amide bonds. The molecular formula is C12H19N3O2. The van der Waals surface area contributed by atoms with Crippen LogP contribution in [-0.2, 0) is 16.0 Å². The van der Waals surface area contributed by atoms with Gasteiger partial charge < -0.3 is 10.1 Å². The average molecular weight is 237 g/mol. The lowest BCUT2D eigenvalue weighted by molar-refractivity contribution is -0.124. The number of aromatic nitrogens is 2. The van der Waals surface area contributed by atoms with E-state index in [1.807, 2.05) is 13.8 Å². The quantitative estimate of drug-likeness (QED) is 0.811. The second kappa shape index (κ2) is 5.31. The highest BCUT2D eigenvalue weighted by molar-refractivity contribution is 5.78. The van der Waals surface area contributed by atoms with E-state index in [9.17, 15) is 4.79 Å². The lowest BCUT2D eigenvalue weighted by Crippen LogP contribution is -2.32. The molecule has 0 aromatic carbocycles. The molecule has 1 aromatic heterocycles. The number of hydrogen-bond acceptors (Lipinski definition) is 3. The van der Waals surface area contributed by atoms with E-state index in [0.29, 0.717) is 19.8 Å². The molecule has 2 rings (SSSR count). The van der Waals surface area contributed by atoms with Crippen LogP contribution in [0, 0.1) is 19.8 Å². The minimum absolute atomic E-state index is 0.0431. The Labute approximate surface area is 101 Å². The smallest absolute Gasteiger partial charge is 0.225 e. The first-order valence-corrected chi connectivity index (χ1v) is 6.04. The van der Waals surface area contributed by atoms with Crippen LogP contribution in [0.3, 0.4) is 0 Å². The summed E-state index contributed by atoms with van der Waals surface area (Å²) >= 11 is 0. The molecule has 1 atom stereocenters. The van der Waals surface area contributed by atoms with Gasteiger partial charge in [-0.2, -0.15) is 5.10 Å². The van der Waals surface area contributed by atoms with Crippen LogP contribution in [0.4, 0.5) is 0 Å². The predicted molar refractivity (Wildman–Crippen MR) is 63.7 cm³/mol. The van der Waals surface area contributed by atoms with Crippen molar-refractivity contribution in [3.63, 3.8) is 0 Å². The zero-order valence-corrected chi connectivity index (χ0v) is 10.4. The summed E-state index contributed by atoms with van der Waals surface area (Å²) in [7, 11) is 0. The maximum absolute atomic E-state index is 11.7. The summed E-state index contributed by atoms with van der Waals surface area (Å²) in [6, 6.07) is 0. The summed E-state index contributed by atoms with van der Waals surface area (Å²) in [5.41, 5.74) is 3.30. The molecule has 1 aromatic rings. The van der Waals surface area contributed by atoms with Gasteiger partial charge in [0.2, 0.25) is 5.91 Å². The SMILES string of the molecule is Cc1n[nH]c(C)c1CCNC(=O)C1CCOC1. The third-order valence-corrected chi connectivity index (χ3v) is 3.26. The number of nitrogens with zero attached hydrogens (tertiary/aromatic N) is 1. The number of aryl methyl sites for hydroxylation is 2. The van der Waals surface area contributed by atoms with Crippen molar-refractivity contribution in [2.24, 2.45) is 5.92 Å². The number of ether oxygens (including phenoxy) is 1. The second-order valence-corrected chi connectivity index (χ2v) is 4.51. The Bertz CT molecular complexity index is 375. The number of carbonyl (C=O) groups is 1. The first-order valence-electron chi connectivity index (χ1n) is 6.04. The van der Waals surface area contributed by atoms with E-state index >= 15 is 0 Å². The summed E-state index contributed by atoms with van der Waals surface area (Å²) in [6.45, 7) is 5.91. The van der Waals surface area contributed by atoms with Crippen LogP contribution in [0.5, 0.6) is 0 Å². The minimum Gasteiger partial charge on any atom is -0.381 e. The van der Waals surface area contributed by atoms with Crippen LogP contribution in [0.1, 0.15) is 23.4 Å². The third-order valence-electron chi connectivity index (χ3n) is 3.26. The summed E-state index contributed by atoms with van der Waals surface area (Å²) in [5, 5.41) is 10.0. The summed E-state index contributed by atoms with van der Waals surface area (Å²) < 4.78 is 5.19. The van der Waals surface area contributed by atoms with Gasteiger partial charge in [0.15, 0.2) is 0 Å². The number of hydrogen-bond donors (Lipinski definition) is 2. The molecule has 2 N–H and O–H groups in total. The van der Waals surface area contributed by atoms with E-state index in [1.165, 1.54) is 5.56 Å². The maximum atomic E-state index is 11.7. The fourth-order valence-corrected chi connectivity index (χ4v) is 2.14. The summed E-state index contributed by atoms with van der Waals surface area (Å²) in [4.78, 5) is 11.7. The van der Waals surface area contributed by atoms with Gasteiger partial charge in [-0.15, -0.1) is 0 Å². The highest BCUT2D eigenvalue weighted by atomic mass is 16.5. The summed E-state index contributed by atoms with van der Waals surface area (Å²) in [6.07, 6.45) is 1.67. The van der Waals surface area contributed by atoms with Gasteiger partial charge in [-0.25, -0.2) is 0 Å². The van der Waals surface area contributed by atoms with Crippen LogP contribution < -0.4 is 5.32 Å². The fourth-order valence-electron chi connectivity index (χ4n) is 2.14. The van der Waals surface area contributed by atoms with Crippen molar-refractivity contribution in [3.05, 3.63) is 17.0 Å². The van der Waals surface area contributed by atoms with E-state index < -0.39 is 0 Å². The average Bonchev–Trinajstić information content (AvgIpc) is 2.93. The number of aromatic amines is 1. The fraction of sp³-hybridized carbons (Fsp3) is 0.667. The first kappa shape index (κ1) is 12.1. The molecule has 1 aliphatic rings. The van der Waals surface area contributed by atoms with Gasteiger partial charge in [0.1, 0.15) is 0 Å². The minimum atomic E-state index is 0.0431. The van der Waals surface area contributed by atoms with Gasteiger partial charge in [0.05, 0.1) is 18.2 Å². The van der Waals surface area contributed by atoms with Crippen molar-refractivity contribution >= 4 is 5.91 Å². The van der Waals surface area contributed by atoms with E-state index in [1.54, 1.807) is 0 Å². The number of H-pyrrole nitrogens is 1. The Hall–Kier alpha value is -1.36. The van der Waals surface area contributed by atoms with Crippen molar-refractivity contribution in [3.8, 4) is 0 Å². The molecule has 1 saturated heterocycles. The zero-order valence-electron chi connectivity index (χ0n) is 10.4. The van der Waals surface area contributed by atoms with Crippen LogP contribution in [0.15, 0.2) is 0 Å². The van der Waals surface area contributed by atoms with E-state index in [-0.39, 0.29) is 11.8 Å². The molecule has 1 fully saturated rings. The van der Waals surface area contributed by atoms with Gasteiger partial charge in [-0.05, 0) is 32.3 Å². The molecule has 17 heavy (non-hydrogen) atoms. The van der Waals surface area contributed by atoms with Crippen LogP contribution in [-0.4, -0.2) is 35.9 Å². The molecule has 0 saturated carbocycles. The lowest BCUT2D eigenvalue weighted by atomic mass is 10.1. The normalized spacial score (nSPS) is 19.5. The molecule has 0 radical (unpaired) electrons. The third kappa shape index (κ3) is 2.85. The Morgan fingerprint density at radius 3 is 3.00 bits per heavy atom. The summed E-state index contributed by atoms with van der Waals surface area (Å²) in [5.74, 6) is 0.155. The van der Waals surface area contributed by atoms with Crippen molar-refractivity contribution < 1.29 is 9.53 Å². The van der Waals surface area contributed by atoms with E-state index in [0.717, 1.165) is 24.2 Å². The highest BCUT2D eigenvalue weighted by Gasteiger charge is 2.22. The second-order valence-electron chi connectivity index (χ2n) is 4.51. The van der Waals surface area contributed by atoms with Gasteiger partial charge in [0.25, 0.3) is 0 Å². The van der Waals surface area contributed by atoms with Crippen molar-refractivity contribution in [1.29, 1.82) is 0 Å². The van der Waals surface area contributed by atoms with E-state index in [2.05, 4.69) is 15.5 Å². The molecule has 1 unspecified atom stereocenters. The van der Waals surface area contributed by atoms with Gasteiger partial charge in [-0.1, -0.05) is 0 Å². The highest BCUT2D eigenvalue weighted by Crippen LogP contribution is 2.12. The number of carbonyl (C=O) groups excluding carboxylic acids is 1. The van der Waals surface area contributed by atoms with Crippen LogP contribution in [0.2, 0.25) is 0 Å². The Balaban J connectivity index is 1.77. The molecule has 94 valence electrons. The largest absolute Gasteiger partial charge is 0.381 e. The molecule has 1 aliphatic heterocycles. The van der Waals surface area contributed by atoms with Crippen molar-refractivity contribution in [1.82, 2.24) is 15.5 Å². The van der Waals surface area contributed by atoms with Crippen molar-refractivity contribution in [2.45, 2.75) is 26.7 Å². The zero-order chi connectivity index (χ0) is 12.3. The monoisotopic (exact) mass is 237 g/mol. The topological polar surface area (TPSA) is 67.0 Å². The molecule has 2 heterocycles. The van der Waals surface area contributed by atoms with E-state index in [4.69, 9.17) is 4.74 Å². The van der Waals surface area contributed by atoms with Crippen LogP contribution in [0.25, 0.3) is 0 Å². The van der Waals surface area contributed by atoms with Gasteiger partial charge in [0, 0.05) is 18.8 Å². The van der Waals surface area contributed by atoms with Crippen LogP contribution >= 0.6 is 0 Å². The van der Waals surface area contributed by atoms with Gasteiger partial charge >= 0.3 is 0 Å². The molecule has 0 bridgehead atoms. The standard InChI is InChI=1S/C12H19N3O2/c1-8-11(9(2)15-14-8)3-5-13-12(16)10-4-6-17-7-10/h10H,3-7H2,1-2H3,(H,13,16)(H,14,15). The number of rotatable bonds is 4. The maximum Gasteiger partial charge on any atom is 0.225 e. The molecule has 5 nitrogen and oxygen atoms in total. The Kier molecular flexibility index (Phi) is 3.78. The lowest BCUT2D eigenvalue weighted by Gasteiger charge is -2.09. The first-order chi connectivity index (χ1) is 8.18. The Morgan fingerprint density at radius 2 is 2.41 bits per heavy atom. The molecule has 5 heteroatoms. The molecule has 0 spiro atoms.